The van der Waals surface area contributed by atoms with Crippen molar-refractivity contribution in [1.29, 1.82) is 0 Å². The molecule has 17 heavy (non-hydrogen) atoms. The van der Waals surface area contributed by atoms with E-state index in [1.807, 2.05) is 0 Å². The Morgan fingerprint density at radius 3 is 3.00 bits per heavy atom. The lowest BCUT2D eigenvalue weighted by Gasteiger charge is -2.27. The molecule has 96 valence electrons. The van der Waals surface area contributed by atoms with Crippen molar-refractivity contribution in [2.75, 3.05) is 19.6 Å². The second kappa shape index (κ2) is 4.62. The molecule has 0 bridgehead atoms. The first-order chi connectivity index (χ1) is 8.01. The van der Waals surface area contributed by atoms with E-state index in [-0.39, 0.29) is 11.9 Å². The van der Waals surface area contributed by atoms with E-state index in [4.69, 9.17) is 10.8 Å². The number of nitrogens with one attached hydrogen (secondary N) is 1. The van der Waals surface area contributed by atoms with Crippen molar-refractivity contribution >= 4 is 11.9 Å². The highest BCUT2D eigenvalue weighted by Crippen LogP contribution is 2.25. The SMILES string of the molecule is NC1(C(=O)O)CCN(C2CCCNC(=O)C2)C1. The van der Waals surface area contributed by atoms with Gasteiger partial charge in [-0.1, -0.05) is 0 Å². The van der Waals surface area contributed by atoms with E-state index in [1.54, 1.807) is 0 Å². The van der Waals surface area contributed by atoms with E-state index in [1.165, 1.54) is 0 Å². The number of carbonyl (C=O) groups excluding carboxylic acids is 1. The van der Waals surface area contributed by atoms with Crippen LogP contribution < -0.4 is 11.1 Å². The van der Waals surface area contributed by atoms with Gasteiger partial charge in [0.15, 0.2) is 0 Å². The first-order valence-electron chi connectivity index (χ1n) is 6.04. The van der Waals surface area contributed by atoms with Gasteiger partial charge in [-0.25, -0.2) is 0 Å². The Hall–Kier alpha value is -1.14. The molecule has 2 aliphatic rings. The largest absolute Gasteiger partial charge is 0.480 e. The van der Waals surface area contributed by atoms with Gasteiger partial charge in [0.2, 0.25) is 5.91 Å². The monoisotopic (exact) mass is 241 g/mol. The van der Waals surface area contributed by atoms with Gasteiger partial charge in [0.1, 0.15) is 5.54 Å². The van der Waals surface area contributed by atoms with Gasteiger partial charge in [-0.2, -0.15) is 0 Å². The van der Waals surface area contributed by atoms with Crippen LogP contribution in [0.2, 0.25) is 0 Å². The fourth-order valence-corrected chi connectivity index (χ4v) is 2.62. The standard InChI is InChI=1S/C11H19N3O3/c12-11(10(16)17)3-5-14(7-11)8-2-1-4-13-9(15)6-8/h8H,1-7,12H2,(H,13,15)(H,16,17). The summed E-state index contributed by atoms with van der Waals surface area (Å²) < 4.78 is 0. The second-order valence-electron chi connectivity index (χ2n) is 5.03. The molecule has 0 saturated carbocycles. The number of carbonyl (C=O) groups is 2. The Bertz CT molecular complexity index is 334. The van der Waals surface area contributed by atoms with Gasteiger partial charge in [0.05, 0.1) is 0 Å². The molecule has 0 aromatic rings. The van der Waals surface area contributed by atoms with Crippen molar-refractivity contribution in [3.8, 4) is 0 Å². The normalized spacial score (nSPS) is 35.4. The molecule has 1 amide bonds. The molecule has 0 aromatic carbocycles. The molecule has 6 heteroatoms. The van der Waals surface area contributed by atoms with Crippen LogP contribution in [0, 0.1) is 0 Å². The molecular weight excluding hydrogens is 222 g/mol. The third kappa shape index (κ3) is 2.58. The molecule has 0 aliphatic carbocycles. The molecule has 2 fully saturated rings. The maximum absolute atomic E-state index is 11.5. The van der Waals surface area contributed by atoms with E-state index in [0.717, 1.165) is 19.4 Å². The predicted molar refractivity (Wildman–Crippen MR) is 61.4 cm³/mol. The van der Waals surface area contributed by atoms with E-state index >= 15 is 0 Å². The fourth-order valence-electron chi connectivity index (χ4n) is 2.62. The molecule has 2 unspecified atom stereocenters. The lowest BCUT2D eigenvalue weighted by molar-refractivity contribution is -0.142. The van der Waals surface area contributed by atoms with Crippen molar-refractivity contribution in [3.05, 3.63) is 0 Å². The number of nitrogens with zero attached hydrogens (tertiary/aromatic N) is 1. The molecule has 2 aliphatic heterocycles. The minimum Gasteiger partial charge on any atom is -0.480 e. The van der Waals surface area contributed by atoms with Crippen molar-refractivity contribution in [3.63, 3.8) is 0 Å². The number of rotatable bonds is 2. The number of carboxylic acids is 1. The van der Waals surface area contributed by atoms with Crippen LogP contribution in [0.4, 0.5) is 0 Å². The lowest BCUT2D eigenvalue weighted by atomic mass is 10.0. The molecule has 6 nitrogen and oxygen atoms in total. The third-order valence-corrected chi connectivity index (χ3v) is 3.73. The third-order valence-electron chi connectivity index (χ3n) is 3.73. The Balaban J connectivity index is 1.99. The van der Waals surface area contributed by atoms with Gasteiger partial charge in [0.25, 0.3) is 0 Å². The van der Waals surface area contributed by atoms with Crippen molar-refractivity contribution < 1.29 is 14.7 Å². The van der Waals surface area contributed by atoms with Crippen molar-refractivity contribution in [1.82, 2.24) is 10.2 Å². The van der Waals surface area contributed by atoms with Crippen LogP contribution in [0.3, 0.4) is 0 Å². The molecule has 0 radical (unpaired) electrons. The highest BCUT2D eigenvalue weighted by Gasteiger charge is 2.43. The number of hydrogen-bond donors (Lipinski definition) is 3. The summed E-state index contributed by atoms with van der Waals surface area (Å²) in [6, 6.07) is 0.141. The highest BCUT2D eigenvalue weighted by molar-refractivity contribution is 5.79. The highest BCUT2D eigenvalue weighted by atomic mass is 16.4. The van der Waals surface area contributed by atoms with Gasteiger partial charge in [-0.3, -0.25) is 14.5 Å². The first-order valence-corrected chi connectivity index (χ1v) is 6.04. The Labute approximate surface area is 100 Å². The second-order valence-corrected chi connectivity index (χ2v) is 5.03. The van der Waals surface area contributed by atoms with Crippen LogP contribution in [0.25, 0.3) is 0 Å². The zero-order valence-electron chi connectivity index (χ0n) is 9.82. The van der Waals surface area contributed by atoms with E-state index < -0.39 is 11.5 Å². The Kier molecular flexibility index (Phi) is 3.35. The number of aliphatic carboxylic acids is 1. The first kappa shape index (κ1) is 12.3. The minimum atomic E-state index is -1.14. The van der Waals surface area contributed by atoms with Gasteiger partial charge < -0.3 is 16.2 Å². The summed E-state index contributed by atoms with van der Waals surface area (Å²) in [4.78, 5) is 24.6. The Morgan fingerprint density at radius 2 is 2.35 bits per heavy atom. The zero-order chi connectivity index (χ0) is 12.5. The van der Waals surface area contributed by atoms with E-state index in [0.29, 0.717) is 25.9 Å². The zero-order valence-corrected chi connectivity index (χ0v) is 9.82. The van der Waals surface area contributed by atoms with E-state index in [9.17, 15) is 9.59 Å². The smallest absolute Gasteiger partial charge is 0.325 e. The minimum absolute atomic E-state index is 0.0531. The summed E-state index contributed by atoms with van der Waals surface area (Å²) in [7, 11) is 0. The molecule has 4 N–H and O–H groups in total. The van der Waals surface area contributed by atoms with Gasteiger partial charge in [-0.05, 0) is 19.3 Å². The number of nitrogens with two attached hydrogens (primary N) is 1. The number of carboxylic acid groups (broad SMARTS) is 1. The number of hydrogen-bond acceptors (Lipinski definition) is 4. The van der Waals surface area contributed by atoms with Crippen molar-refractivity contribution in [2.45, 2.75) is 37.3 Å². The molecule has 2 saturated heterocycles. The molecule has 2 rings (SSSR count). The summed E-state index contributed by atoms with van der Waals surface area (Å²) in [5, 5.41) is 11.9. The summed E-state index contributed by atoms with van der Waals surface area (Å²) in [5.74, 6) is -0.893. The molecule has 0 aromatic heterocycles. The van der Waals surface area contributed by atoms with Crippen LogP contribution in [-0.4, -0.2) is 53.1 Å². The number of likely N-dealkylation sites (tertiary alicyclic amines) is 1. The van der Waals surface area contributed by atoms with Gasteiger partial charge >= 0.3 is 5.97 Å². The van der Waals surface area contributed by atoms with E-state index in [2.05, 4.69) is 10.2 Å². The van der Waals surface area contributed by atoms with Crippen LogP contribution in [0.1, 0.15) is 25.7 Å². The summed E-state index contributed by atoms with van der Waals surface area (Å²) in [6.07, 6.45) is 2.78. The maximum Gasteiger partial charge on any atom is 0.325 e. The summed E-state index contributed by atoms with van der Waals surface area (Å²) >= 11 is 0. The quantitative estimate of drug-likeness (QED) is 0.585. The van der Waals surface area contributed by atoms with Crippen molar-refractivity contribution in [2.24, 2.45) is 5.73 Å². The topological polar surface area (TPSA) is 95.7 Å². The average Bonchev–Trinajstić information content (AvgIpc) is 2.54. The summed E-state index contributed by atoms with van der Waals surface area (Å²) in [6.45, 7) is 1.73. The van der Waals surface area contributed by atoms with Crippen LogP contribution >= 0.6 is 0 Å². The van der Waals surface area contributed by atoms with Crippen LogP contribution in [-0.2, 0) is 9.59 Å². The summed E-state index contributed by atoms with van der Waals surface area (Å²) in [5.41, 5.74) is 4.69. The van der Waals surface area contributed by atoms with Crippen LogP contribution in [0.5, 0.6) is 0 Å². The molecule has 2 heterocycles. The maximum atomic E-state index is 11.5. The van der Waals surface area contributed by atoms with Gasteiger partial charge in [-0.15, -0.1) is 0 Å². The molecular formula is C11H19N3O3. The average molecular weight is 241 g/mol. The number of amides is 1. The van der Waals surface area contributed by atoms with Crippen LogP contribution in [0.15, 0.2) is 0 Å². The molecule has 2 atom stereocenters. The molecule has 0 spiro atoms. The van der Waals surface area contributed by atoms with Gasteiger partial charge in [0, 0.05) is 32.1 Å². The Morgan fingerprint density at radius 1 is 1.59 bits per heavy atom. The predicted octanol–water partition coefficient (Wildman–Crippen LogP) is -0.857. The lowest BCUT2D eigenvalue weighted by Crippen LogP contribution is -2.51. The fraction of sp³-hybridized carbons (Fsp3) is 0.818.